The predicted octanol–water partition coefficient (Wildman–Crippen LogP) is 1.98. The molecule has 0 radical (unpaired) electrons. The third-order valence-electron chi connectivity index (χ3n) is 4.23. The Morgan fingerprint density at radius 3 is 2.47 bits per heavy atom. The second kappa shape index (κ2) is 8.12. The van der Waals surface area contributed by atoms with Crippen LogP contribution in [0, 0.1) is 17.8 Å². The predicted molar refractivity (Wildman–Crippen MR) is 71.2 cm³/mol. The van der Waals surface area contributed by atoms with Crippen molar-refractivity contribution >= 4 is 0 Å². The molecule has 19 heavy (non-hydrogen) atoms. The van der Waals surface area contributed by atoms with Crippen LogP contribution in [0.4, 0.5) is 8.78 Å². The van der Waals surface area contributed by atoms with Gasteiger partial charge in [0.15, 0.2) is 0 Å². The molecule has 0 saturated heterocycles. The maximum Gasteiger partial charge on any atom is 0.251 e. The summed E-state index contributed by atoms with van der Waals surface area (Å²) in [4.78, 5) is 1.57. The fourth-order valence-electron chi connectivity index (χ4n) is 3.01. The number of nitrogens with zero attached hydrogens (tertiary/aromatic N) is 1. The normalized spacial score (nSPS) is 28.6. The van der Waals surface area contributed by atoms with E-state index in [1.54, 1.807) is 4.90 Å². The van der Waals surface area contributed by atoms with Crippen LogP contribution in [0.1, 0.15) is 33.1 Å². The lowest BCUT2D eigenvalue weighted by atomic mass is 9.74. The molecular weight excluding hydrogens is 252 g/mol. The van der Waals surface area contributed by atoms with Gasteiger partial charge in [-0.05, 0) is 37.0 Å². The number of halogens is 2. The highest BCUT2D eigenvalue weighted by atomic mass is 19.3. The Kier molecular flexibility index (Phi) is 7.18. The molecule has 1 aliphatic rings. The second-order valence-electron chi connectivity index (χ2n) is 6.02. The summed E-state index contributed by atoms with van der Waals surface area (Å²) in [6.45, 7) is 4.60. The summed E-state index contributed by atoms with van der Waals surface area (Å²) >= 11 is 0. The molecule has 0 bridgehead atoms. The third-order valence-corrected chi connectivity index (χ3v) is 4.23. The number of alkyl halides is 2. The molecular formula is C14H27F2NO2. The molecule has 0 spiro atoms. The van der Waals surface area contributed by atoms with Gasteiger partial charge in [0.2, 0.25) is 0 Å². The van der Waals surface area contributed by atoms with Gasteiger partial charge in [0.25, 0.3) is 6.43 Å². The minimum absolute atomic E-state index is 0.0476. The van der Waals surface area contributed by atoms with Gasteiger partial charge >= 0.3 is 0 Å². The lowest BCUT2D eigenvalue weighted by molar-refractivity contribution is 0.00235. The van der Waals surface area contributed by atoms with Crippen molar-refractivity contribution in [3.8, 4) is 0 Å². The van der Waals surface area contributed by atoms with Crippen molar-refractivity contribution < 1.29 is 19.0 Å². The molecule has 1 aliphatic carbocycles. The number of aliphatic hydroxyl groups excluding tert-OH is 2. The first-order valence-electron chi connectivity index (χ1n) is 7.23. The summed E-state index contributed by atoms with van der Waals surface area (Å²) in [5.74, 6) is 1.18. The summed E-state index contributed by atoms with van der Waals surface area (Å²) in [5.41, 5.74) is 0. The van der Waals surface area contributed by atoms with Gasteiger partial charge in [-0.1, -0.05) is 13.8 Å². The van der Waals surface area contributed by atoms with Gasteiger partial charge in [-0.25, -0.2) is 8.78 Å². The van der Waals surface area contributed by atoms with Crippen molar-refractivity contribution in [2.75, 3.05) is 26.2 Å². The fraction of sp³-hybridized carbons (Fsp3) is 1.00. The van der Waals surface area contributed by atoms with Crippen LogP contribution in [0.2, 0.25) is 0 Å². The Morgan fingerprint density at radius 1 is 1.26 bits per heavy atom. The molecule has 114 valence electrons. The largest absolute Gasteiger partial charge is 0.395 e. The monoisotopic (exact) mass is 279 g/mol. The van der Waals surface area contributed by atoms with E-state index in [4.69, 9.17) is 5.11 Å². The van der Waals surface area contributed by atoms with E-state index in [0.29, 0.717) is 18.4 Å². The van der Waals surface area contributed by atoms with Gasteiger partial charge in [-0.3, -0.25) is 4.90 Å². The highest BCUT2D eigenvalue weighted by Crippen LogP contribution is 2.34. The van der Waals surface area contributed by atoms with Crippen molar-refractivity contribution in [1.29, 1.82) is 0 Å². The lowest BCUT2D eigenvalue weighted by Gasteiger charge is -2.38. The molecule has 3 unspecified atom stereocenters. The molecule has 2 N–H and O–H groups in total. The fourth-order valence-corrected chi connectivity index (χ4v) is 3.01. The van der Waals surface area contributed by atoms with E-state index in [2.05, 4.69) is 13.8 Å². The van der Waals surface area contributed by atoms with E-state index in [1.807, 2.05) is 0 Å². The average molecular weight is 279 g/mol. The van der Waals surface area contributed by atoms with Crippen molar-refractivity contribution in [1.82, 2.24) is 4.90 Å². The zero-order valence-electron chi connectivity index (χ0n) is 11.9. The smallest absolute Gasteiger partial charge is 0.251 e. The Hall–Kier alpha value is -0.260. The van der Waals surface area contributed by atoms with E-state index in [0.717, 1.165) is 19.3 Å². The highest BCUT2D eigenvalue weighted by Gasteiger charge is 2.32. The molecule has 3 atom stereocenters. The number of hydrogen-bond acceptors (Lipinski definition) is 3. The van der Waals surface area contributed by atoms with Crippen LogP contribution in [-0.4, -0.2) is 53.9 Å². The topological polar surface area (TPSA) is 43.7 Å². The molecule has 1 fully saturated rings. The summed E-state index contributed by atoms with van der Waals surface area (Å²) in [6.07, 6.45) is -0.120. The van der Waals surface area contributed by atoms with Crippen molar-refractivity contribution in [3.05, 3.63) is 0 Å². The van der Waals surface area contributed by atoms with E-state index < -0.39 is 12.5 Å². The first-order valence-corrected chi connectivity index (χ1v) is 7.23. The molecule has 0 amide bonds. The van der Waals surface area contributed by atoms with E-state index in [9.17, 15) is 13.9 Å². The Balaban J connectivity index is 2.54. The van der Waals surface area contributed by atoms with Gasteiger partial charge in [0.05, 0.1) is 19.3 Å². The maximum absolute atomic E-state index is 12.5. The van der Waals surface area contributed by atoms with Crippen LogP contribution in [0.15, 0.2) is 0 Å². The first-order chi connectivity index (χ1) is 8.93. The SMILES string of the molecule is CC(C)C1CCC(O)C(CN(CCO)CC(F)F)C1. The molecule has 5 heteroatoms. The molecule has 0 aromatic carbocycles. The summed E-state index contributed by atoms with van der Waals surface area (Å²) in [7, 11) is 0. The second-order valence-corrected chi connectivity index (χ2v) is 6.02. The first kappa shape index (κ1) is 16.8. The van der Waals surface area contributed by atoms with Gasteiger partial charge in [-0.2, -0.15) is 0 Å². The molecule has 0 aromatic rings. The molecule has 1 rings (SSSR count). The molecule has 0 heterocycles. The molecule has 0 aromatic heterocycles. The summed E-state index contributed by atoms with van der Waals surface area (Å²) < 4.78 is 25.0. The zero-order chi connectivity index (χ0) is 14.4. The van der Waals surface area contributed by atoms with Gasteiger partial charge < -0.3 is 10.2 Å². The third kappa shape index (κ3) is 5.71. The van der Waals surface area contributed by atoms with E-state index in [1.165, 1.54) is 0 Å². The zero-order valence-corrected chi connectivity index (χ0v) is 11.9. The van der Waals surface area contributed by atoms with E-state index in [-0.39, 0.29) is 25.6 Å². The lowest BCUT2D eigenvalue weighted by Crippen LogP contribution is -2.42. The van der Waals surface area contributed by atoms with Gasteiger partial charge in [0.1, 0.15) is 0 Å². The van der Waals surface area contributed by atoms with Crippen LogP contribution in [0.5, 0.6) is 0 Å². The minimum Gasteiger partial charge on any atom is -0.395 e. The number of aliphatic hydroxyl groups is 2. The Labute approximate surface area is 114 Å². The number of rotatable bonds is 7. The molecule has 0 aliphatic heterocycles. The van der Waals surface area contributed by atoms with Gasteiger partial charge in [-0.15, -0.1) is 0 Å². The molecule has 1 saturated carbocycles. The van der Waals surface area contributed by atoms with Crippen LogP contribution in [-0.2, 0) is 0 Å². The standard InChI is InChI=1S/C14H27F2NO2/c1-10(2)11-3-4-13(19)12(7-11)8-17(5-6-18)9-14(15)16/h10-14,18-19H,3-9H2,1-2H3. The van der Waals surface area contributed by atoms with Crippen molar-refractivity contribution in [2.24, 2.45) is 17.8 Å². The molecule has 3 nitrogen and oxygen atoms in total. The quantitative estimate of drug-likeness (QED) is 0.749. The van der Waals surface area contributed by atoms with Crippen LogP contribution < -0.4 is 0 Å². The van der Waals surface area contributed by atoms with E-state index >= 15 is 0 Å². The average Bonchev–Trinajstić information content (AvgIpc) is 2.31. The summed E-state index contributed by atoms with van der Waals surface area (Å²) in [5, 5.41) is 19.0. The summed E-state index contributed by atoms with van der Waals surface area (Å²) in [6, 6.07) is 0. The highest BCUT2D eigenvalue weighted by molar-refractivity contribution is 4.83. The van der Waals surface area contributed by atoms with Crippen LogP contribution in [0.3, 0.4) is 0 Å². The van der Waals surface area contributed by atoms with Gasteiger partial charge in [0, 0.05) is 13.1 Å². The maximum atomic E-state index is 12.5. The van der Waals surface area contributed by atoms with Crippen LogP contribution in [0.25, 0.3) is 0 Å². The Bertz CT molecular complexity index is 252. The van der Waals surface area contributed by atoms with Crippen LogP contribution >= 0.6 is 0 Å². The van der Waals surface area contributed by atoms with Crippen molar-refractivity contribution in [2.45, 2.75) is 45.6 Å². The Morgan fingerprint density at radius 2 is 1.95 bits per heavy atom. The minimum atomic E-state index is -2.40. The number of hydrogen-bond donors (Lipinski definition) is 2. The van der Waals surface area contributed by atoms with Crippen molar-refractivity contribution in [3.63, 3.8) is 0 Å².